The molecule has 0 amide bonds. The van der Waals surface area contributed by atoms with Crippen molar-refractivity contribution in [3.05, 3.63) is 11.6 Å². The normalized spacial score (nSPS) is 46.2. The second kappa shape index (κ2) is 5.43. The number of ether oxygens (including phenoxy) is 2. The van der Waals surface area contributed by atoms with E-state index in [1.807, 2.05) is 6.92 Å². The summed E-state index contributed by atoms with van der Waals surface area (Å²) in [6.45, 7) is 6.97. The van der Waals surface area contributed by atoms with Crippen LogP contribution >= 0.6 is 0 Å². The number of carbonyl (C=O) groups is 3. The van der Waals surface area contributed by atoms with Gasteiger partial charge in [-0.25, -0.2) is 0 Å². The highest BCUT2D eigenvalue weighted by molar-refractivity contribution is 5.93. The van der Waals surface area contributed by atoms with Crippen molar-refractivity contribution in [2.75, 3.05) is 0 Å². The highest BCUT2D eigenvalue weighted by atomic mass is 16.6. The lowest BCUT2D eigenvalue weighted by molar-refractivity contribution is -0.183. The molecule has 4 rings (SSSR count). The zero-order valence-corrected chi connectivity index (χ0v) is 16.1. The molecule has 3 fully saturated rings. The van der Waals surface area contributed by atoms with Crippen LogP contribution in [0, 0.1) is 22.7 Å². The van der Waals surface area contributed by atoms with E-state index in [-0.39, 0.29) is 29.0 Å². The molecule has 0 aliphatic heterocycles. The summed E-state index contributed by atoms with van der Waals surface area (Å²) in [4.78, 5) is 36.3. The zero-order valence-electron chi connectivity index (χ0n) is 16.1. The number of ketones is 1. The molecule has 0 saturated heterocycles. The van der Waals surface area contributed by atoms with Crippen molar-refractivity contribution in [1.29, 1.82) is 0 Å². The number of rotatable bonds is 2. The van der Waals surface area contributed by atoms with Gasteiger partial charge in [-0.15, -0.1) is 0 Å². The number of esters is 2. The van der Waals surface area contributed by atoms with Gasteiger partial charge in [-0.2, -0.15) is 0 Å². The molecular formula is C21H28O5. The van der Waals surface area contributed by atoms with Crippen LogP contribution < -0.4 is 0 Å². The maximum atomic E-state index is 13.0. The molecule has 142 valence electrons. The lowest BCUT2D eigenvalue weighted by Gasteiger charge is -2.58. The first kappa shape index (κ1) is 17.7. The van der Waals surface area contributed by atoms with Crippen LogP contribution in [0.2, 0.25) is 0 Å². The molecule has 0 N–H and O–H groups in total. The van der Waals surface area contributed by atoms with Crippen LogP contribution in [-0.2, 0) is 23.9 Å². The van der Waals surface area contributed by atoms with Crippen LogP contribution in [-0.4, -0.2) is 29.4 Å². The van der Waals surface area contributed by atoms with E-state index in [1.54, 1.807) is 0 Å². The number of carbonyl (C=O) groups excluding carboxylic acids is 3. The molecule has 1 spiro atoms. The summed E-state index contributed by atoms with van der Waals surface area (Å²) in [6, 6.07) is 0. The standard InChI is InChI=1S/C21H28O5/c1-12(22)25-17-11-16-15-6-5-14-7-8-21(15,20(14,4)26-13(2)23)10-9-19(16,3)18(17)24/h5,15-17H,6-11H2,1-4H3/t15?,16?,17-,19?,20+,21?/m1/s1. The maximum absolute atomic E-state index is 13.0. The van der Waals surface area contributed by atoms with Gasteiger partial charge >= 0.3 is 11.9 Å². The van der Waals surface area contributed by atoms with Gasteiger partial charge in [-0.3, -0.25) is 14.4 Å². The van der Waals surface area contributed by atoms with Gasteiger partial charge in [0.25, 0.3) is 0 Å². The molecule has 0 heterocycles. The first-order valence-electron chi connectivity index (χ1n) is 9.75. The molecule has 26 heavy (non-hydrogen) atoms. The smallest absolute Gasteiger partial charge is 0.303 e. The summed E-state index contributed by atoms with van der Waals surface area (Å²) in [7, 11) is 0. The van der Waals surface area contributed by atoms with Crippen LogP contribution in [0.4, 0.5) is 0 Å². The van der Waals surface area contributed by atoms with Gasteiger partial charge in [-0.1, -0.05) is 13.0 Å². The average Bonchev–Trinajstić information content (AvgIpc) is 2.85. The molecule has 0 radical (unpaired) electrons. The van der Waals surface area contributed by atoms with E-state index in [9.17, 15) is 14.4 Å². The van der Waals surface area contributed by atoms with Gasteiger partial charge in [0, 0.05) is 24.7 Å². The minimum atomic E-state index is -0.621. The van der Waals surface area contributed by atoms with Gasteiger partial charge in [0.2, 0.25) is 0 Å². The number of hydrogen-bond acceptors (Lipinski definition) is 5. The number of allylic oxidation sites excluding steroid dienone is 1. The van der Waals surface area contributed by atoms with Crippen molar-refractivity contribution in [3.63, 3.8) is 0 Å². The summed E-state index contributed by atoms with van der Waals surface area (Å²) < 4.78 is 11.3. The molecule has 4 unspecified atom stereocenters. The lowest BCUT2D eigenvalue weighted by Crippen LogP contribution is -2.58. The minimum Gasteiger partial charge on any atom is -0.455 e. The summed E-state index contributed by atoms with van der Waals surface area (Å²) in [6.07, 6.45) is 6.77. The molecule has 0 aromatic carbocycles. The Bertz CT molecular complexity index is 724. The molecular weight excluding hydrogens is 332 g/mol. The highest BCUT2D eigenvalue weighted by Crippen LogP contribution is 2.70. The SMILES string of the molecule is CC(=O)O[C@@H]1CC2C3CC=C4CCC3(CCC2(C)C1=O)[C@@]4(C)OC(C)=O. The van der Waals surface area contributed by atoms with E-state index in [2.05, 4.69) is 13.0 Å². The predicted molar refractivity (Wildman–Crippen MR) is 94.0 cm³/mol. The van der Waals surface area contributed by atoms with E-state index in [4.69, 9.17) is 9.47 Å². The Balaban J connectivity index is 1.73. The predicted octanol–water partition coefficient (Wildman–Crippen LogP) is 3.36. The molecule has 0 aromatic rings. The fraction of sp³-hybridized carbons (Fsp3) is 0.762. The quantitative estimate of drug-likeness (QED) is 0.558. The fourth-order valence-electron chi connectivity index (χ4n) is 6.89. The van der Waals surface area contributed by atoms with E-state index >= 15 is 0 Å². The summed E-state index contributed by atoms with van der Waals surface area (Å²) in [5.41, 5.74) is 0.138. The Morgan fingerprint density at radius 2 is 1.81 bits per heavy atom. The summed E-state index contributed by atoms with van der Waals surface area (Å²) in [5, 5.41) is 0. The van der Waals surface area contributed by atoms with E-state index in [1.165, 1.54) is 19.4 Å². The zero-order chi connectivity index (χ0) is 18.9. The van der Waals surface area contributed by atoms with Gasteiger partial charge in [0.15, 0.2) is 11.9 Å². The van der Waals surface area contributed by atoms with Crippen molar-refractivity contribution >= 4 is 17.7 Å². The second-order valence-electron chi connectivity index (χ2n) is 9.08. The van der Waals surface area contributed by atoms with E-state index in [0.29, 0.717) is 6.42 Å². The molecule has 6 atom stereocenters. The van der Waals surface area contributed by atoms with Crippen molar-refractivity contribution in [3.8, 4) is 0 Å². The Morgan fingerprint density at radius 3 is 2.46 bits per heavy atom. The van der Waals surface area contributed by atoms with Gasteiger partial charge in [-0.05, 0) is 62.9 Å². The van der Waals surface area contributed by atoms with Gasteiger partial charge in [0.1, 0.15) is 5.60 Å². The first-order valence-corrected chi connectivity index (χ1v) is 9.75. The van der Waals surface area contributed by atoms with Crippen LogP contribution in [0.15, 0.2) is 11.6 Å². The Hall–Kier alpha value is -1.65. The first-order chi connectivity index (χ1) is 12.1. The monoisotopic (exact) mass is 360 g/mol. The molecule has 0 aromatic heterocycles. The summed E-state index contributed by atoms with van der Waals surface area (Å²) in [5.74, 6) is -0.111. The Morgan fingerprint density at radius 1 is 1.08 bits per heavy atom. The number of fused-ring (bicyclic) bond motifs is 3. The third-order valence-corrected chi connectivity index (χ3v) is 8.11. The van der Waals surface area contributed by atoms with Crippen molar-refractivity contribution in [2.45, 2.75) is 77.9 Å². The molecule has 2 bridgehead atoms. The molecule has 5 nitrogen and oxygen atoms in total. The third kappa shape index (κ3) is 2.06. The number of Topliss-reactive ketones (excluding diaryl/α,β-unsaturated/α-hetero) is 1. The maximum Gasteiger partial charge on any atom is 0.303 e. The van der Waals surface area contributed by atoms with Crippen LogP contribution in [0.3, 0.4) is 0 Å². The Labute approximate surface area is 154 Å². The van der Waals surface area contributed by atoms with E-state index in [0.717, 1.165) is 32.1 Å². The second-order valence-corrected chi connectivity index (χ2v) is 9.08. The molecule has 5 heteroatoms. The van der Waals surface area contributed by atoms with Gasteiger partial charge < -0.3 is 9.47 Å². The molecule has 4 aliphatic carbocycles. The van der Waals surface area contributed by atoms with Crippen molar-refractivity contribution < 1.29 is 23.9 Å². The number of hydrogen-bond donors (Lipinski definition) is 0. The largest absolute Gasteiger partial charge is 0.455 e. The van der Waals surface area contributed by atoms with Crippen molar-refractivity contribution in [2.24, 2.45) is 22.7 Å². The van der Waals surface area contributed by atoms with Crippen LogP contribution in [0.5, 0.6) is 0 Å². The lowest BCUT2D eigenvalue weighted by atomic mass is 9.47. The third-order valence-electron chi connectivity index (χ3n) is 8.11. The van der Waals surface area contributed by atoms with E-state index < -0.39 is 23.1 Å². The van der Waals surface area contributed by atoms with Gasteiger partial charge in [0.05, 0.1) is 0 Å². The average molecular weight is 360 g/mol. The molecule has 3 saturated carbocycles. The van der Waals surface area contributed by atoms with Crippen LogP contribution in [0.25, 0.3) is 0 Å². The highest BCUT2D eigenvalue weighted by Gasteiger charge is 2.70. The fourth-order valence-corrected chi connectivity index (χ4v) is 6.89. The van der Waals surface area contributed by atoms with Crippen molar-refractivity contribution in [1.82, 2.24) is 0 Å². The minimum absolute atomic E-state index is 0.0783. The summed E-state index contributed by atoms with van der Waals surface area (Å²) >= 11 is 0. The molecule has 4 aliphatic rings. The topological polar surface area (TPSA) is 69.7 Å². The Kier molecular flexibility index (Phi) is 3.71. The van der Waals surface area contributed by atoms with Crippen LogP contribution in [0.1, 0.15) is 66.2 Å².